The first-order valence-electron chi connectivity index (χ1n) is 21.9. The number of aromatic nitrogens is 1. The van der Waals surface area contributed by atoms with Crippen LogP contribution in [-0.2, 0) is 44.8 Å². The molecule has 2 fully saturated rings. The normalized spacial score (nSPS) is 21.0. The van der Waals surface area contributed by atoms with E-state index in [4.69, 9.17) is 19.9 Å². The number of aromatic amines is 1. The number of para-hydroxylation sites is 1. The molecule has 0 spiro atoms. The Morgan fingerprint density at radius 2 is 1.76 bits per heavy atom. The number of non-ortho nitro benzene ring substituents is 1. The Morgan fingerprint density at radius 1 is 1.02 bits per heavy atom. The highest BCUT2D eigenvalue weighted by Gasteiger charge is 2.48. The van der Waals surface area contributed by atoms with Crippen LogP contribution in [0.2, 0.25) is 0 Å². The minimum atomic E-state index is -1.47. The van der Waals surface area contributed by atoms with E-state index in [9.17, 15) is 49.1 Å². The first-order chi connectivity index (χ1) is 31.8. The fraction of sp³-hybridized carbons (Fsp3) is 0.467. The Bertz CT molecular complexity index is 2440. The number of rotatable bonds is 22. The number of nitrogens with one attached hydrogen (secondary N) is 5. The highest BCUT2D eigenvalue weighted by Crippen LogP contribution is 2.30. The highest BCUT2D eigenvalue weighted by molar-refractivity contribution is 6.03. The molecule has 66 heavy (non-hydrogen) atoms. The van der Waals surface area contributed by atoms with Crippen LogP contribution in [0.4, 0.5) is 11.4 Å². The van der Waals surface area contributed by atoms with Crippen LogP contribution in [0, 0.1) is 10.1 Å². The minimum absolute atomic E-state index is 0.0701. The zero-order valence-electron chi connectivity index (χ0n) is 36.4. The van der Waals surface area contributed by atoms with E-state index < -0.39 is 84.5 Å². The predicted octanol–water partition coefficient (Wildman–Crippen LogP) is 1.21. The molecule has 21 nitrogen and oxygen atoms in total. The van der Waals surface area contributed by atoms with E-state index >= 15 is 0 Å². The predicted molar refractivity (Wildman–Crippen MR) is 240 cm³/mol. The number of fused-ring (bicyclic) bond motifs is 2. The third-order valence-corrected chi connectivity index (χ3v) is 11.6. The third kappa shape index (κ3) is 12.2. The van der Waals surface area contributed by atoms with Crippen molar-refractivity contribution in [3.05, 3.63) is 92.6 Å². The first-order valence-corrected chi connectivity index (χ1v) is 21.9. The number of nitro groups is 1. The van der Waals surface area contributed by atoms with Crippen LogP contribution in [0.3, 0.4) is 0 Å². The summed E-state index contributed by atoms with van der Waals surface area (Å²) in [4.78, 5) is 93.2. The lowest BCUT2D eigenvalue weighted by atomic mass is 9.96. The third-order valence-electron chi connectivity index (χ3n) is 11.6. The number of anilines is 1. The number of nitrogens with zero attached hydrogens (tertiary/aromatic N) is 2. The van der Waals surface area contributed by atoms with Crippen molar-refractivity contribution in [2.75, 3.05) is 38.2 Å². The summed E-state index contributed by atoms with van der Waals surface area (Å²) in [6, 6.07) is 15.5. The van der Waals surface area contributed by atoms with Gasteiger partial charge in [-0.1, -0.05) is 42.5 Å². The van der Waals surface area contributed by atoms with Gasteiger partial charge in [0.1, 0.15) is 48.6 Å². The van der Waals surface area contributed by atoms with Crippen LogP contribution < -0.4 is 32.4 Å². The van der Waals surface area contributed by atoms with E-state index in [1.807, 2.05) is 30.3 Å². The fourth-order valence-electron chi connectivity index (χ4n) is 8.25. The van der Waals surface area contributed by atoms with Gasteiger partial charge >= 0.3 is 0 Å². The Hall–Kier alpha value is -6.52. The minimum Gasteiger partial charge on any atom is -0.394 e. The van der Waals surface area contributed by atoms with E-state index in [2.05, 4.69) is 26.3 Å². The number of carbonyl (C=O) groups is 5. The molecule has 21 heteroatoms. The van der Waals surface area contributed by atoms with Crippen molar-refractivity contribution in [1.29, 1.82) is 0 Å². The van der Waals surface area contributed by atoms with Gasteiger partial charge in [0.25, 0.3) is 5.69 Å². The molecule has 4 aromatic rings. The number of hydrogen-bond donors (Lipinski definition) is 8. The number of aliphatic hydroxyl groups excluding tert-OH is 2. The number of nitro benzene ring substituents is 1. The lowest BCUT2D eigenvalue weighted by Gasteiger charge is -2.44. The molecular weight excluding hydrogens is 861 g/mol. The molecule has 0 radical (unpaired) electrons. The Labute approximate surface area is 378 Å². The SMILES string of the molecule is CC(=O)N[C@H]1[C@@H](OCc2ccccc2)O[C@H](CO)[C@@H](O)[C@@H]1OCC(=O)N1CCC[C@H]1C(=O)N[C@H](CCC(=O)NCCCCCNc1ccc([N+](=O)[O-])c2[nH]c3ccccc3c(=O)c12)C(N)=O. The molecule has 1 aromatic heterocycles. The molecule has 3 heterocycles. The number of ether oxygens (including phenoxy) is 3. The zero-order valence-corrected chi connectivity index (χ0v) is 36.4. The van der Waals surface area contributed by atoms with E-state index in [0.717, 1.165) is 5.56 Å². The van der Waals surface area contributed by atoms with Gasteiger partial charge in [-0.3, -0.25) is 38.9 Å². The number of unbranched alkanes of at least 4 members (excludes halogenated alkanes) is 2. The summed E-state index contributed by atoms with van der Waals surface area (Å²) in [5.74, 6) is -2.97. The zero-order chi connectivity index (χ0) is 47.3. The van der Waals surface area contributed by atoms with Crippen molar-refractivity contribution in [2.45, 2.75) is 101 Å². The second-order valence-corrected chi connectivity index (χ2v) is 16.2. The van der Waals surface area contributed by atoms with Gasteiger partial charge in [0.2, 0.25) is 29.5 Å². The van der Waals surface area contributed by atoms with Crippen LogP contribution in [-0.4, -0.2) is 130 Å². The molecular formula is C45H56N8O13. The lowest BCUT2D eigenvalue weighted by molar-refractivity contribution is -0.383. The Kier molecular flexibility index (Phi) is 17.1. The number of H-pyrrole nitrogens is 1. The number of benzene rings is 3. The smallest absolute Gasteiger partial charge is 0.293 e. The summed E-state index contributed by atoms with van der Waals surface area (Å²) < 4.78 is 17.6. The molecule has 2 aliphatic rings. The molecule has 6 rings (SSSR count). The molecule has 7 atom stereocenters. The number of nitrogens with two attached hydrogens (primary N) is 1. The number of primary amides is 1. The molecule has 0 saturated carbocycles. The van der Waals surface area contributed by atoms with Crippen LogP contribution >= 0.6 is 0 Å². The van der Waals surface area contributed by atoms with Gasteiger partial charge < -0.3 is 61.3 Å². The van der Waals surface area contributed by atoms with Crippen molar-refractivity contribution >= 4 is 62.7 Å². The van der Waals surface area contributed by atoms with Crippen LogP contribution in [0.1, 0.15) is 57.4 Å². The number of likely N-dealkylation sites (tertiary alicyclic amines) is 1. The van der Waals surface area contributed by atoms with Crippen molar-refractivity contribution in [3.8, 4) is 0 Å². The average molecular weight is 917 g/mol. The highest BCUT2D eigenvalue weighted by atomic mass is 16.7. The molecule has 3 aromatic carbocycles. The Morgan fingerprint density at radius 3 is 2.48 bits per heavy atom. The number of hydrogen-bond acceptors (Lipinski definition) is 14. The molecule has 354 valence electrons. The number of amides is 5. The maximum atomic E-state index is 13.6. The molecule has 2 saturated heterocycles. The summed E-state index contributed by atoms with van der Waals surface area (Å²) in [5, 5.41) is 44.6. The largest absolute Gasteiger partial charge is 0.394 e. The quantitative estimate of drug-likeness (QED) is 0.0238. The topological polar surface area (TPSA) is 307 Å². The summed E-state index contributed by atoms with van der Waals surface area (Å²) in [5.41, 5.74) is 6.97. The molecule has 2 aliphatic heterocycles. The molecule has 0 bridgehead atoms. The lowest BCUT2D eigenvalue weighted by Crippen LogP contribution is -2.65. The van der Waals surface area contributed by atoms with Crippen molar-refractivity contribution in [1.82, 2.24) is 25.8 Å². The summed E-state index contributed by atoms with van der Waals surface area (Å²) in [7, 11) is 0. The van der Waals surface area contributed by atoms with E-state index in [1.165, 1.54) is 24.0 Å². The molecule has 0 unspecified atom stereocenters. The maximum absolute atomic E-state index is 13.6. The molecule has 0 aliphatic carbocycles. The number of aliphatic hydroxyl groups is 2. The van der Waals surface area contributed by atoms with Gasteiger partial charge in [-0.25, -0.2) is 0 Å². The summed E-state index contributed by atoms with van der Waals surface area (Å²) in [6.45, 7) is 1.08. The summed E-state index contributed by atoms with van der Waals surface area (Å²) >= 11 is 0. The molecule has 5 amide bonds. The van der Waals surface area contributed by atoms with E-state index in [-0.39, 0.29) is 60.3 Å². The van der Waals surface area contributed by atoms with Gasteiger partial charge in [0.15, 0.2) is 11.7 Å². The Balaban J connectivity index is 0.942. The standard InChI is InChI=1S/C45H56N8O13/c1-26(55)49-39-42(41(59)34(23-54)66-45(39)65-24-27-11-4-2-5-12-27)64-25-36(57)52-22-10-15-33(52)44(61)51-31(43(46)60)17-19-35(56)48-21-9-3-8-20-47-30-16-18-32(53(62)63)38-37(30)40(58)28-13-6-7-14-29(28)50-38/h2,4-7,11-14,16,18,31,33-34,39,41-42,45,47,54,59H,3,8-10,15,17,19-25H2,1H3,(H2,46,60)(H,48,56)(H,49,55)(H,50,58)(H,51,61)/t31-,33+,34-,39-,41-,42-,45+/m1/s1. The fourth-order valence-corrected chi connectivity index (χ4v) is 8.25. The number of pyridine rings is 1. The second kappa shape index (κ2) is 23.1. The second-order valence-electron chi connectivity index (χ2n) is 16.2. The van der Waals surface area contributed by atoms with Gasteiger partial charge in [-0.15, -0.1) is 0 Å². The van der Waals surface area contributed by atoms with Gasteiger partial charge in [0.05, 0.1) is 23.5 Å². The molecule has 9 N–H and O–H groups in total. The van der Waals surface area contributed by atoms with Crippen LogP contribution in [0.15, 0.2) is 71.5 Å². The van der Waals surface area contributed by atoms with Gasteiger partial charge in [-0.05, 0) is 62.3 Å². The van der Waals surface area contributed by atoms with Gasteiger partial charge in [-0.2, -0.15) is 0 Å². The van der Waals surface area contributed by atoms with Gasteiger partial charge in [0, 0.05) is 55.6 Å². The van der Waals surface area contributed by atoms with Crippen molar-refractivity contribution in [3.63, 3.8) is 0 Å². The average Bonchev–Trinajstić information content (AvgIpc) is 3.80. The first kappa shape index (κ1) is 48.9. The van der Waals surface area contributed by atoms with E-state index in [1.54, 1.807) is 24.3 Å². The maximum Gasteiger partial charge on any atom is 0.293 e. The summed E-state index contributed by atoms with van der Waals surface area (Å²) in [6.07, 6.45) is -2.59. The number of carbonyl (C=O) groups excluding carboxylic acids is 5. The van der Waals surface area contributed by atoms with E-state index in [0.29, 0.717) is 55.4 Å². The van der Waals surface area contributed by atoms with Crippen molar-refractivity contribution < 1.29 is 53.3 Å². The van der Waals surface area contributed by atoms with Crippen molar-refractivity contribution in [2.24, 2.45) is 5.73 Å². The van der Waals surface area contributed by atoms with Crippen LogP contribution in [0.25, 0.3) is 21.8 Å². The monoisotopic (exact) mass is 916 g/mol. The van der Waals surface area contributed by atoms with Crippen LogP contribution in [0.5, 0.6) is 0 Å².